The topological polar surface area (TPSA) is 120 Å². The number of carbonyl (C=O) groups is 3. The van der Waals surface area contributed by atoms with Gasteiger partial charge in [-0.2, -0.15) is 0 Å². The minimum absolute atomic E-state index is 0.0722. The first-order chi connectivity index (χ1) is 21.4. The van der Waals surface area contributed by atoms with Gasteiger partial charge in [-0.1, -0.05) is 91.0 Å². The van der Waals surface area contributed by atoms with E-state index in [1.807, 2.05) is 48.5 Å². The lowest BCUT2D eigenvalue weighted by Gasteiger charge is -2.19. The number of hydrogen-bond acceptors (Lipinski definition) is 6. The fraction of sp³-hybridized carbons (Fsp3) is 0.400. The van der Waals surface area contributed by atoms with E-state index in [4.69, 9.17) is 15.2 Å². The highest BCUT2D eigenvalue weighted by atomic mass is 79.9. The van der Waals surface area contributed by atoms with E-state index in [9.17, 15) is 14.4 Å². The third-order valence-electron chi connectivity index (χ3n) is 7.17. The van der Waals surface area contributed by atoms with Gasteiger partial charge in [-0.15, -0.1) is 0 Å². The number of nitrogens with two attached hydrogens (primary N) is 1. The summed E-state index contributed by atoms with van der Waals surface area (Å²) < 4.78 is 11.4. The molecule has 8 nitrogen and oxygen atoms in total. The zero-order valence-electron chi connectivity index (χ0n) is 25.5. The number of anilines is 1. The van der Waals surface area contributed by atoms with E-state index in [0.717, 1.165) is 41.3 Å². The van der Waals surface area contributed by atoms with Gasteiger partial charge < -0.3 is 25.8 Å². The van der Waals surface area contributed by atoms with Crippen molar-refractivity contribution < 1.29 is 23.9 Å². The van der Waals surface area contributed by atoms with Crippen LogP contribution in [0.5, 0.6) is 5.75 Å². The van der Waals surface area contributed by atoms with Crippen molar-refractivity contribution in [2.24, 2.45) is 5.73 Å². The molecule has 44 heavy (non-hydrogen) atoms. The van der Waals surface area contributed by atoms with Crippen molar-refractivity contribution in [1.82, 2.24) is 5.32 Å². The van der Waals surface area contributed by atoms with Crippen molar-refractivity contribution in [3.05, 3.63) is 94.0 Å². The number of benzene rings is 3. The van der Waals surface area contributed by atoms with Crippen LogP contribution in [-0.4, -0.2) is 30.6 Å². The fourth-order valence-electron chi connectivity index (χ4n) is 4.63. The van der Waals surface area contributed by atoms with E-state index >= 15 is 0 Å². The highest BCUT2D eigenvalue weighted by Gasteiger charge is 2.22. The predicted octanol–water partition coefficient (Wildman–Crippen LogP) is 7.47. The number of aryl methyl sites for hydroxylation is 1. The molecule has 0 saturated heterocycles. The maximum atomic E-state index is 13.4. The van der Waals surface area contributed by atoms with Gasteiger partial charge in [-0.25, -0.2) is 4.79 Å². The Bertz CT molecular complexity index is 1310. The molecule has 0 spiro atoms. The zero-order chi connectivity index (χ0) is 31.6. The van der Waals surface area contributed by atoms with Crippen LogP contribution in [0.2, 0.25) is 0 Å². The summed E-state index contributed by atoms with van der Waals surface area (Å²) in [5.74, 6) is -0.171. The van der Waals surface area contributed by atoms with Gasteiger partial charge in [-0.05, 0) is 73.7 Å². The number of halogens is 1. The summed E-state index contributed by atoms with van der Waals surface area (Å²) >= 11 is 3.43. The number of carbonyl (C=O) groups excluding carboxylic acids is 3. The molecule has 0 aliphatic heterocycles. The average molecular weight is 667 g/mol. The monoisotopic (exact) mass is 665 g/mol. The summed E-state index contributed by atoms with van der Waals surface area (Å²) in [5, 5.41) is 5.86. The molecule has 236 valence electrons. The van der Waals surface area contributed by atoms with Gasteiger partial charge in [0.15, 0.2) is 0 Å². The van der Waals surface area contributed by atoms with Crippen molar-refractivity contribution in [3.8, 4) is 5.75 Å². The molecule has 9 heteroatoms. The molecule has 2 amide bonds. The second kappa shape index (κ2) is 19.6. The van der Waals surface area contributed by atoms with Crippen molar-refractivity contribution in [1.29, 1.82) is 0 Å². The first-order valence-corrected chi connectivity index (χ1v) is 16.2. The number of amides is 2. The molecule has 0 aliphatic rings. The second-order valence-electron chi connectivity index (χ2n) is 10.8. The van der Waals surface area contributed by atoms with Crippen molar-refractivity contribution >= 4 is 39.6 Å². The Morgan fingerprint density at radius 3 is 2.25 bits per heavy atom. The van der Waals surface area contributed by atoms with Gasteiger partial charge in [0.2, 0.25) is 11.8 Å². The molecule has 4 N–H and O–H groups in total. The zero-order valence-corrected chi connectivity index (χ0v) is 27.1. The lowest BCUT2D eigenvalue weighted by Crippen LogP contribution is -2.45. The van der Waals surface area contributed by atoms with Crippen LogP contribution in [0.25, 0.3) is 0 Å². The summed E-state index contributed by atoms with van der Waals surface area (Å²) in [6, 6.07) is 21.3. The number of unbranched alkanes of at least 4 members (excludes halogenated alkanes) is 5. The number of ether oxygens (including phenoxy) is 2. The molecule has 0 aliphatic carbocycles. The van der Waals surface area contributed by atoms with E-state index in [1.165, 1.54) is 24.8 Å². The van der Waals surface area contributed by atoms with Crippen LogP contribution in [-0.2, 0) is 33.8 Å². The SMILES string of the molecule is CCCCCCc1ccc(NC(=O)[C@H](Cc2ccc(OC(=O)OCc3ccccc3Br)cc2)NC(=O)CCCCCN)cc1. The molecule has 3 rings (SSSR count). The predicted molar refractivity (Wildman–Crippen MR) is 177 cm³/mol. The van der Waals surface area contributed by atoms with E-state index in [2.05, 4.69) is 33.5 Å². The van der Waals surface area contributed by atoms with E-state index in [1.54, 1.807) is 24.3 Å². The quantitative estimate of drug-likeness (QED) is 0.0736. The Morgan fingerprint density at radius 1 is 0.841 bits per heavy atom. The van der Waals surface area contributed by atoms with Gasteiger partial charge in [-0.3, -0.25) is 9.59 Å². The van der Waals surface area contributed by atoms with E-state index < -0.39 is 12.2 Å². The smallest absolute Gasteiger partial charge is 0.429 e. The van der Waals surface area contributed by atoms with Crippen molar-refractivity contribution in [2.45, 2.75) is 83.8 Å². The first-order valence-electron chi connectivity index (χ1n) is 15.4. The third kappa shape index (κ3) is 12.9. The Kier molecular flexibility index (Phi) is 15.5. The van der Waals surface area contributed by atoms with E-state index in [0.29, 0.717) is 30.8 Å². The second-order valence-corrected chi connectivity index (χ2v) is 11.7. The molecule has 0 radical (unpaired) electrons. The number of rotatable bonds is 18. The summed E-state index contributed by atoms with van der Waals surface area (Å²) in [5.41, 5.74) is 9.10. The largest absolute Gasteiger partial charge is 0.514 e. The Morgan fingerprint density at radius 2 is 1.55 bits per heavy atom. The van der Waals surface area contributed by atoms with Gasteiger partial charge in [0.05, 0.1) is 0 Å². The minimum Gasteiger partial charge on any atom is -0.429 e. The standard InChI is InChI=1S/C35H44BrN3O5/c1-2-3-4-6-11-26-15-19-29(20-16-26)38-34(41)32(39-33(40)14-7-5-10-23-37)24-27-17-21-30(22-18-27)44-35(42)43-25-28-12-8-9-13-31(28)36/h8-9,12-13,15-22,32H,2-7,10-11,14,23-25,37H2,1H3,(H,38,41)(H,39,40)/t32-/m0/s1. The van der Waals surface area contributed by atoms with Crippen LogP contribution < -0.4 is 21.1 Å². The maximum absolute atomic E-state index is 13.4. The molecular formula is C35H44BrN3O5. The van der Waals surface area contributed by atoms with Crippen LogP contribution in [0.1, 0.15) is 75.0 Å². The molecule has 1 atom stereocenters. The van der Waals surface area contributed by atoms with Gasteiger partial charge >= 0.3 is 6.16 Å². The van der Waals surface area contributed by atoms with E-state index in [-0.39, 0.29) is 24.8 Å². The van der Waals surface area contributed by atoms with Crippen LogP contribution in [0.3, 0.4) is 0 Å². The third-order valence-corrected chi connectivity index (χ3v) is 7.94. The number of hydrogen-bond donors (Lipinski definition) is 3. The van der Waals surface area contributed by atoms with Crippen molar-refractivity contribution in [3.63, 3.8) is 0 Å². The Hall–Kier alpha value is -3.69. The summed E-state index contributed by atoms with van der Waals surface area (Å²) in [7, 11) is 0. The molecule has 0 aromatic heterocycles. The molecule has 3 aromatic rings. The van der Waals surface area contributed by atoms with Gasteiger partial charge in [0.25, 0.3) is 0 Å². The molecule has 0 heterocycles. The Balaban J connectivity index is 1.59. The van der Waals surface area contributed by atoms with Crippen LogP contribution >= 0.6 is 15.9 Å². The number of nitrogens with one attached hydrogen (secondary N) is 2. The molecule has 0 fully saturated rings. The van der Waals surface area contributed by atoms with Crippen LogP contribution in [0.4, 0.5) is 10.5 Å². The molecule has 3 aromatic carbocycles. The average Bonchev–Trinajstić information content (AvgIpc) is 3.02. The van der Waals surface area contributed by atoms with Gasteiger partial charge in [0, 0.05) is 28.6 Å². The maximum Gasteiger partial charge on any atom is 0.514 e. The van der Waals surface area contributed by atoms with Crippen LogP contribution in [0, 0.1) is 0 Å². The lowest BCUT2D eigenvalue weighted by molar-refractivity contribution is -0.126. The first kappa shape index (κ1) is 34.8. The summed E-state index contributed by atoms with van der Waals surface area (Å²) in [4.78, 5) is 38.3. The highest BCUT2D eigenvalue weighted by molar-refractivity contribution is 9.10. The summed E-state index contributed by atoms with van der Waals surface area (Å²) in [6.07, 6.45) is 8.02. The molecular weight excluding hydrogens is 622 g/mol. The van der Waals surface area contributed by atoms with Crippen LogP contribution in [0.15, 0.2) is 77.3 Å². The normalized spacial score (nSPS) is 11.4. The summed E-state index contributed by atoms with van der Waals surface area (Å²) in [6.45, 7) is 2.86. The minimum atomic E-state index is -0.820. The fourth-order valence-corrected chi connectivity index (χ4v) is 5.03. The Labute approximate surface area is 269 Å². The highest BCUT2D eigenvalue weighted by Crippen LogP contribution is 2.19. The lowest BCUT2D eigenvalue weighted by atomic mass is 10.0. The molecule has 0 bridgehead atoms. The molecule has 0 saturated carbocycles. The van der Waals surface area contributed by atoms with Gasteiger partial charge in [0.1, 0.15) is 18.4 Å². The van der Waals surface area contributed by atoms with Crippen molar-refractivity contribution in [2.75, 3.05) is 11.9 Å². The molecule has 0 unspecified atom stereocenters.